The quantitative estimate of drug-likeness (QED) is 0.775. The first kappa shape index (κ1) is 13.6. The second-order valence-electron chi connectivity index (χ2n) is 4.01. The number of rotatable bonds is 7. The summed E-state index contributed by atoms with van der Waals surface area (Å²) in [5, 5.41) is 12.6. The van der Waals surface area contributed by atoms with Crippen LogP contribution < -0.4 is 0 Å². The first-order chi connectivity index (χ1) is 8.06. The van der Waals surface area contributed by atoms with Gasteiger partial charge in [-0.15, -0.1) is 0 Å². The van der Waals surface area contributed by atoms with Gasteiger partial charge < -0.3 is 9.63 Å². The Kier molecular flexibility index (Phi) is 5.09. The predicted molar refractivity (Wildman–Crippen MR) is 61.5 cm³/mol. The maximum Gasteiger partial charge on any atom is 0.317 e. The van der Waals surface area contributed by atoms with Gasteiger partial charge in [-0.3, -0.25) is 9.69 Å². The second-order valence-corrected chi connectivity index (χ2v) is 4.01. The van der Waals surface area contributed by atoms with E-state index >= 15 is 0 Å². The van der Waals surface area contributed by atoms with Crippen molar-refractivity contribution in [1.82, 2.24) is 15.0 Å². The maximum atomic E-state index is 10.8. The summed E-state index contributed by atoms with van der Waals surface area (Å²) in [5.74, 6) is 0.281. The van der Waals surface area contributed by atoms with Crippen LogP contribution in [0.15, 0.2) is 4.52 Å². The molecule has 0 aliphatic carbocycles. The van der Waals surface area contributed by atoms with E-state index < -0.39 is 5.97 Å². The fourth-order valence-electron chi connectivity index (χ4n) is 1.47. The average molecular weight is 241 g/mol. The van der Waals surface area contributed by atoms with Crippen molar-refractivity contribution in [2.45, 2.75) is 46.2 Å². The molecule has 0 aliphatic heterocycles. The number of hydrogen-bond acceptors (Lipinski definition) is 5. The zero-order valence-electron chi connectivity index (χ0n) is 10.5. The first-order valence-electron chi connectivity index (χ1n) is 5.84. The Balaban J connectivity index is 2.67. The van der Waals surface area contributed by atoms with Gasteiger partial charge in [-0.1, -0.05) is 19.0 Å². The average Bonchev–Trinajstić information content (AvgIpc) is 2.74. The smallest absolute Gasteiger partial charge is 0.317 e. The SMILES string of the molecule is CCc1noc(CN(CC(=O)O)C(C)CC)n1. The van der Waals surface area contributed by atoms with Gasteiger partial charge in [-0.25, -0.2) is 0 Å². The summed E-state index contributed by atoms with van der Waals surface area (Å²) in [5.41, 5.74) is 0. The fraction of sp³-hybridized carbons (Fsp3) is 0.727. The molecule has 1 aromatic heterocycles. The highest BCUT2D eigenvalue weighted by atomic mass is 16.5. The molecule has 6 nitrogen and oxygen atoms in total. The summed E-state index contributed by atoms with van der Waals surface area (Å²) in [4.78, 5) is 16.8. The van der Waals surface area contributed by atoms with Crippen molar-refractivity contribution in [3.8, 4) is 0 Å². The Morgan fingerprint density at radius 1 is 1.53 bits per heavy atom. The Morgan fingerprint density at radius 3 is 2.71 bits per heavy atom. The maximum absolute atomic E-state index is 10.8. The van der Waals surface area contributed by atoms with Gasteiger partial charge in [0.25, 0.3) is 0 Å². The van der Waals surface area contributed by atoms with Gasteiger partial charge in [0, 0.05) is 12.5 Å². The highest BCUT2D eigenvalue weighted by molar-refractivity contribution is 5.69. The molecule has 1 atom stereocenters. The number of carbonyl (C=O) groups is 1. The molecule has 17 heavy (non-hydrogen) atoms. The van der Waals surface area contributed by atoms with Crippen molar-refractivity contribution in [3.63, 3.8) is 0 Å². The number of nitrogens with zero attached hydrogens (tertiary/aromatic N) is 3. The molecule has 1 aromatic rings. The van der Waals surface area contributed by atoms with Gasteiger partial charge >= 0.3 is 5.97 Å². The van der Waals surface area contributed by atoms with E-state index in [0.717, 1.165) is 6.42 Å². The zero-order valence-corrected chi connectivity index (χ0v) is 10.5. The van der Waals surface area contributed by atoms with Crippen LogP contribution in [0, 0.1) is 0 Å². The summed E-state index contributed by atoms with van der Waals surface area (Å²) in [6, 6.07) is 0.170. The van der Waals surface area contributed by atoms with E-state index in [4.69, 9.17) is 9.63 Å². The van der Waals surface area contributed by atoms with Crippen LogP contribution in [0.4, 0.5) is 0 Å². The Morgan fingerprint density at radius 2 is 2.24 bits per heavy atom. The van der Waals surface area contributed by atoms with E-state index in [0.29, 0.717) is 24.7 Å². The lowest BCUT2D eigenvalue weighted by molar-refractivity contribution is -0.139. The van der Waals surface area contributed by atoms with Crippen molar-refractivity contribution in [2.75, 3.05) is 6.54 Å². The highest BCUT2D eigenvalue weighted by Gasteiger charge is 2.18. The topological polar surface area (TPSA) is 79.5 Å². The van der Waals surface area contributed by atoms with Gasteiger partial charge in [0.15, 0.2) is 5.82 Å². The standard InChI is InChI=1S/C11H19N3O3/c1-4-8(3)14(7-11(15)16)6-10-12-9(5-2)13-17-10/h8H,4-7H2,1-3H3,(H,15,16). The molecule has 0 fully saturated rings. The molecule has 1 rings (SSSR count). The summed E-state index contributed by atoms with van der Waals surface area (Å²) in [6.45, 7) is 6.32. The molecule has 0 aliphatic rings. The molecular weight excluding hydrogens is 222 g/mol. The highest BCUT2D eigenvalue weighted by Crippen LogP contribution is 2.09. The molecule has 96 valence electrons. The molecule has 0 bridgehead atoms. The van der Waals surface area contributed by atoms with Gasteiger partial charge in [-0.05, 0) is 13.3 Å². The third-order valence-corrected chi connectivity index (χ3v) is 2.72. The van der Waals surface area contributed by atoms with Gasteiger partial charge in [-0.2, -0.15) is 4.98 Å². The first-order valence-corrected chi connectivity index (χ1v) is 5.84. The second kappa shape index (κ2) is 6.34. The van der Waals surface area contributed by atoms with Crippen molar-refractivity contribution >= 4 is 5.97 Å². The van der Waals surface area contributed by atoms with E-state index in [1.54, 1.807) is 0 Å². The van der Waals surface area contributed by atoms with Gasteiger partial charge in [0.2, 0.25) is 5.89 Å². The van der Waals surface area contributed by atoms with Gasteiger partial charge in [0.1, 0.15) is 0 Å². The van der Waals surface area contributed by atoms with Crippen molar-refractivity contribution in [2.24, 2.45) is 0 Å². The largest absolute Gasteiger partial charge is 0.480 e. The molecule has 1 heterocycles. The minimum Gasteiger partial charge on any atom is -0.480 e. The van der Waals surface area contributed by atoms with Crippen molar-refractivity contribution in [3.05, 3.63) is 11.7 Å². The van der Waals surface area contributed by atoms with E-state index in [9.17, 15) is 4.79 Å². The number of aryl methyl sites for hydroxylation is 1. The molecule has 0 saturated heterocycles. The van der Waals surface area contributed by atoms with Crippen LogP contribution in [0.5, 0.6) is 0 Å². The van der Waals surface area contributed by atoms with E-state index in [1.807, 2.05) is 25.7 Å². The fourth-order valence-corrected chi connectivity index (χ4v) is 1.47. The molecule has 0 amide bonds. The molecule has 0 saturated carbocycles. The third-order valence-electron chi connectivity index (χ3n) is 2.72. The van der Waals surface area contributed by atoms with Crippen LogP contribution in [0.1, 0.15) is 38.9 Å². The van der Waals surface area contributed by atoms with Crippen LogP contribution >= 0.6 is 0 Å². The Hall–Kier alpha value is -1.43. The number of carboxylic acids is 1. The van der Waals surface area contributed by atoms with Gasteiger partial charge in [0.05, 0.1) is 13.1 Å². The Bertz CT molecular complexity index is 365. The number of hydrogen-bond donors (Lipinski definition) is 1. The molecule has 1 unspecified atom stereocenters. The lowest BCUT2D eigenvalue weighted by Gasteiger charge is -2.24. The molecule has 1 N–H and O–H groups in total. The van der Waals surface area contributed by atoms with Crippen LogP contribution in [-0.4, -0.2) is 38.7 Å². The van der Waals surface area contributed by atoms with Crippen molar-refractivity contribution < 1.29 is 14.4 Å². The summed E-state index contributed by atoms with van der Waals surface area (Å²) in [6.07, 6.45) is 1.59. The van der Waals surface area contributed by atoms with E-state index in [-0.39, 0.29) is 12.6 Å². The molecule has 6 heteroatoms. The number of aromatic nitrogens is 2. The summed E-state index contributed by atoms with van der Waals surface area (Å²) < 4.78 is 5.07. The lowest BCUT2D eigenvalue weighted by atomic mass is 10.2. The summed E-state index contributed by atoms with van der Waals surface area (Å²) in [7, 11) is 0. The molecule has 0 aromatic carbocycles. The predicted octanol–water partition coefficient (Wildman–Crippen LogP) is 1.32. The number of carboxylic acid groups (broad SMARTS) is 1. The van der Waals surface area contributed by atoms with Crippen LogP contribution in [0.3, 0.4) is 0 Å². The third kappa shape index (κ3) is 4.14. The minimum atomic E-state index is -0.847. The molecular formula is C11H19N3O3. The van der Waals surface area contributed by atoms with Crippen LogP contribution in [0.2, 0.25) is 0 Å². The normalized spacial score (nSPS) is 12.9. The molecule has 0 radical (unpaired) electrons. The van der Waals surface area contributed by atoms with E-state index in [2.05, 4.69) is 10.1 Å². The lowest BCUT2D eigenvalue weighted by Crippen LogP contribution is -2.36. The molecule has 0 spiro atoms. The monoisotopic (exact) mass is 241 g/mol. The Labute approximate surface area is 101 Å². The van der Waals surface area contributed by atoms with Crippen molar-refractivity contribution in [1.29, 1.82) is 0 Å². The zero-order chi connectivity index (χ0) is 12.8. The van der Waals surface area contributed by atoms with Crippen LogP contribution in [-0.2, 0) is 17.8 Å². The van der Waals surface area contributed by atoms with Crippen LogP contribution in [0.25, 0.3) is 0 Å². The summed E-state index contributed by atoms with van der Waals surface area (Å²) >= 11 is 0. The van der Waals surface area contributed by atoms with E-state index in [1.165, 1.54) is 0 Å². The number of aliphatic carboxylic acids is 1. The minimum absolute atomic E-state index is 0.0150.